The molecule has 1 aromatic carbocycles. The molecule has 0 saturated carbocycles. The van der Waals surface area contributed by atoms with E-state index >= 15 is 0 Å². The highest BCUT2D eigenvalue weighted by Crippen LogP contribution is 2.40. The summed E-state index contributed by atoms with van der Waals surface area (Å²) in [4.78, 5) is 39.1. The monoisotopic (exact) mass is 358 g/mol. The topological polar surface area (TPSA) is 84.9 Å². The van der Waals surface area contributed by atoms with Crippen molar-refractivity contribution in [3.63, 3.8) is 0 Å². The van der Waals surface area contributed by atoms with Crippen LogP contribution in [0.4, 0.5) is 5.69 Å². The molecule has 2 amide bonds. The van der Waals surface area contributed by atoms with Crippen molar-refractivity contribution in [3.05, 3.63) is 29.3 Å². The third-order valence-electron chi connectivity index (χ3n) is 5.50. The van der Waals surface area contributed by atoms with Gasteiger partial charge in [-0.05, 0) is 24.0 Å². The first-order valence-corrected chi connectivity index (χ1v) is 8.96. The number of hydrogen-bond acceptors (Lipinski definition) is 5. The highest BCUT2D eigenvalue weighted by molar-refractivity contribution is 6.05. The predicted molar refractivity (Wildman–Crippen MR) is 92.3 cm³/mol. The van der Waals surface area contributed by atoms with Crippen LogP contribution in [0, 0.1) is 5.92 Å². The number of hydrogen-bond donors (Lipinski definition) is 1. The van der Waals surface area contributed by atoms with Crippen molar-refractivity contribution in [2.75, 3.05) is 12.0 Å². The number of nitrogens with one attached hydrogen (secondary N) is 1. The number of amides is 2. The van der Waals surface area contributed by atoms with Gasteiger partial charge in [0.05, 0.1) is 12.1 Å². The van der Waals surface area contributed by atoms with Crippen LogP contribution in [0.25, 0.3) is 0 Å². The van der Waals surface area contributed by atoms with Crippen LogP contribution in [0.15, 0.2) is 18.2 Å². The molecule has 0 aromatic heterocycles. The molecule has 2 unspecified atom stereocenters. The van der Waals surface area contributed by atoms with E-state index in [0.717, 1.165) is 29.7 Å². The second kappa shape index (κ2) is 6.39. The van der Waals surface area contributed by atoms with Crippen LogP contribution in [0.5, 0.6) is 0 Å². The first-order chi connectivity index (χ1) is 12.5. The van der Waals surface area contributed by atoms with Crippen LogP contribution in [0.1, 0.15) is 30.9 Å². The maximum absolute atomic E-state index is 13.0. The van der Waals surface area contributed by atoms with Crippen molar-refractivity contribution in [1.29, 1.82) is 0 Å². The van der Waals surface area contributed by atoms with Crippen LogP contribution in [0.3, 0.4) is 0 Å². The fourth-order valence-corrected chi connectivity index (χ4v) is 4.13. The van der Waals surface area contributed by atoms with Crippen LogP contribution in [0.2, 0.25) is 0 Å². The molecule has 138 valence electrons. The number of anilines is 1. The lowest BCUT2D eigenvalue weighted by Gasteiger charge is -2.28. The molecule has 0 bridgehead atoms. The van der Waals surface area contributed by atoms with Gasteiger partial charge >= 0.3 is 5.97 Å². The van der Waals surface area contributed by atoms with Gasteiger partial charge in [-0.2, -0.15) is 0 Å². The van der Waals surface area contributed by atoms with Gasteiger partial charge in [0.1, 0.15) is 12.1 Å². The molecule has 7 nitrogen and oxygen atoms in total. The Morgan fingerprint density at radius 3 is 2.81 bits per heavy atom. The highest BCUT2D eigenvalue weighted by Gasteiger charge is 2.44. The van der Waals surface area contributed by atoms with E-state index in [2.05, 4.69) is 5.32 Å². The number of rotatable bonds is 3. The molecule has 26 heavy (non-hydrogen) atoms. The zero-order valence-electron chi connectivity index (χ0n) is 14.9. The minimum absolute atomic E-state index is 0.0177. The van der Waals surface area contributed by atoms with Gasteiger partial charge in [-0.3, -0.25) is 19.3 Å². The molecule has 1 N–H and O–H groups in total. The van der Waals surface area contributed by atoms with Crippen LogP contribution < -0.4 is 10.2 Å². The number of ether oxygens (including phenoxy) is 2. The minimum atomic E-state index is -0.787. The number of aryl methyl sites for hydroxylation is 1. The molecule has 1 aromatic rings. The summed E-state index contributed by atoms with van der Waals surface area (Å²) in [5.74, 6) is -0.832. The third-order valence-corrected chi connectivity index (χ3v) is 5.50. The first-order valence-electron chi connectivity index (χ1n) is 8.96. The number of carbonyl (C=O) groups excluding carboxylic acids is 3. The Labute approximate surface area is 151 Å². The van der Waals surface area contributed by atoms with Crippen molar-refractivity contribution in [3.8, 4) is 0 Å². The smallest absolute Gasteiger partial charge is 0.310 e. The molecular formula is C19H22N2O5. The predicted octanol–water partition coefficient (Wildman–Crippen LogP) is 0.931. The van der Waals surface area contributed by atoms with E-state index in [9.17, 15) is 14.4 Å². The van der Waals surface area contributed by atoms with Crippen molar-refractivity contribution < 1.29 is 23.9 Å². The first kappa shape index (κ1) is 17.0. The third kappa shape index (κ3) is 2.67. The van der Waals surface area contributed by atoms with E-state index in [1.807, 2.05) is 25.1 Å². The molecule has 3 heterocycles. The maximum Gasteiger partial charge on any atom is 0.310 e. The number of benzene rings is 1. The number of methoxy groups -OCH3 is 1. The van der Waals surface area contributed by atoms with Gasteiger partial charge in [0, 0.05) is 19.4 Å². The zero-order valence-corrected chi connectivity index (χ0v) is 14.9. The van der Waals surface area contributed by atoms with Crippen molar-refractivity contribution in [1.82, 2.24) is 5.32 Å². The summed E-state index contributed by atoms with van der Waals surface area (Å²) in [6.07, 6.45) is 1.37. The zero-order chi connectivity index (χ0) is 18.4. The molecule has 4 atom stereocenters. The average Bonchev–Trinajstić information content (AvgIpc) is 3.15. The summed E-state index contributed by atoms with van der Waals surface area (Å²) >= 11 is 0. The van der Waals surface area contributed by atoms with Crippen molar-refractivity contribution in [2.24, 2.45) is 5.92 Å². The molecule has 1 fully saturated rings. The Balaban J connectivity index is 1.61. The lowest BCUT2D eigenvalue weighted by molar-refractivity contribution is -0.160. The Hall–Kier alpha value is -2.41. The number of carbonyl (C=O) groups is 3. The Morgan fingerprint density at radius 1 is 1.27 bits per heavy atom. The number of nitrogens with zero attached hydrogens (tertiary/aromatic N) is 1. The summed E-state index contributed by atoms with van der Waals surface area (Å²) < 4.78 is 10.2. The number of esters is 1. The van der Waals surface area contributed by atoms with Gasteiger partial charge in [0.15, 0.2) is 0 Å². The average molecular weight is 358 g/mol. The van der Waals surface area contributed by atoms with Gasteiger partial charge in [-0.1, -0.05) is 25.1 Å². The molecule has 1 saturated heterocycles. The molecule has 0 spiro atoms. The Morgan fingerprint density at radius 2 is 2.04 bits per heavy atom. The van der Waals surface area contributed by atoms with Crippen molar-refractivity contribution >= 4 is 23.5 Å². The minimum Gasteiger partial charge on any atom is -0.433 e. The molecule has 0 aliphatic carbocycles. The lowest BCUT2D eigenvalue weighted by Crippen LogP contribution is -2.53. The summed E-state index contributed by atoms with van der Waals surface area (Å²) in [6, 6.07) is 4.84. The summed E-state index contributed by atoms with van der Waals surface area (Å²) in [5, 5.41) is 2.85. The largest absolute Gasteiger partial charge is 0.433 e. The highest BCUT2D eigenvalue weighted by atomic mass is 16.7. The van der Waals surface area contributed by atoms with Gasteiger partial charge in [-0.15, -0.1) is 0 Å². The van der Waals surface area contributed by atoms with Gasteiger partial charge in [-0.25, -0.2) is 0 Å². The van der Waals surface area contributed by atoms with Crippen LogP contribution in [-0.2, 0) is 36.7 Å². The molecule has 3 aliphatic rings. The number of para-hydroxylation sites is 1. The van der Waals surface area contributed by atoms with E-state index in [-0.39, 0.29) is 24.2 Å². The van der Waals surface area contributed by atoms with Gasteiger partial charge in [0.25, 0.3) is 0 Å². The normalized spacial score (nSPS) is 30.0. The van der Waals surface area contributed by atoms with Crippen LogP contribution in [-0.4, -0.2) is 43.3 Å². The molecule has 3 aliphatic heterocycles. The van der Waals surface area contributed by atoms with E-state index in [1.54, 1.807) is 4.90 Å². The second-order valence-corrected chi connectivity index (χ2v) is 7.21. The molecule has 4 rings (SSSR count). The van der Waals surface area contributed by atoms with E-state index < -0.39 is 24.3 Å². The Kier molecular flexibility index (Phi) is 4.19. The Bertz CT molecular complexity index is 777. The van der Waals surface area contributed by atoms with Gasteiger partial charge in [0.2, 0.25) is 18.1 Å². The standard InChI is InChI=1S/C19H22N2O5/c1-10-6-7-11-4-3-5-12-8-14(21(16(11)12)18(10)24)17(23)20-13-9-15(22)26-19(13)25-2/h3-5,10,13-14,19H,6-9H2,1-2H3,(H,20,23)/t10-,13?,14-,19?/m0/s1. The SMILES string of the molecule is COC1OC(=O)CC1NC(=O)[C@@H]1Cc2cccc3c2N1C(=O)[C@@H](C)CC3. The fraction of sp³-hybridized carbons (Fsp3) is 0.526. The quantitative estimate of drug-likeness (QED) is 0.813. The summed E-state index contributed by atoms with van der Waals surface area (Å²) in [7, 11) is 1.43. The fourth-order valence-electron chi connectivity index (χ4n) is 4.13. The van der Waals surface area contributed by atoms with Gasteiger partial charge < -0.3 is 14.8 Å². The van der Waals surface area contributed by atoms with E-state index in [0.29, 0.717) is 6.42 Å². The van der Waals surface area contributed by atoms with E-state index in [1.165, 1.54) is 7.11 Å². The summed E-state index contributed by atoms with van der Waals surface area (Å²) in [6.45, 7) is 1.91. The number of cyclic esters (lactones) is 1. The molecule has 0 radical (unpaired) electrons. The molecular weight excluding hydrogens is 336 g/mol. The molecule has 7 heteroatoms. The van der Waals surface area contributed by atoms with Crippen LogP contribution >= 0.6 is 0 Å². The lowest BCUT2D eigenvalue weighted by atomic mass is 9.99. The van der Waals surface area contributed by atoms with Crippen molar-refractivity contribution in [2.45, 2.75) is 51.0 Å². The second-order valence-electron chi connectivity index (χ2n) is 7.21. The maximum atomic E-state index is 13.0. The van der Waals surface area contributed by atoms with E-state index in [4.69, 9.17) is 9.47 Å². The summed E-state index contributed by atoms with van der Waals surface area (Å²) in [5.41, 5.74) is 3.03.